The van der Waals surface area contributed by atoms with Crippen LogP contribution in [0.5, 0.6) is 5.75 Å². The number of carboxylic acids is 1. The summed E-state index contributed by atoms with van der Waals surface area (Å²) in [6.07, 6.45) is 3.47. The molecule has 31 heavy (non-hydrogen) atoms. The molecule has 7 heteroatoms. The molecular weight excluding hydrogens is 414 g/mol. The van der Waals surface area contributed by atoms with Crippen molar-refractivity contribution in [3.05, 3.63) is 77.1 Å². The summed E-state index contributed by atoms with van der Waals surface area (Å²) in [6.45, 7) is 3.52. The van der Waals surface area contributed by atoms with Crippen LogP contribution in [0.2, 0.25) is 5.02 Å². The number of halogens is 1. The lowest BCUT2D eigenvalue weighted by atomic mass is 10.0. The van der Waals surface area contributed by atoms with Crippen molar-refractivity contribution in [3.8, 4) is 39.7 Å². The topological polar surface area (TPSA) is 88.1 Å². The molecule has 0 aliphatic carbocycles. The Labute approximate surface area is 184 Å². The number of imidazole rings is 1. The lowest BCUT2D eigenvalue weighted by Gasteiger charge is -2.11. The zero-order valence-electron chi connectivity index (χ0n) is 17.0. The van der Waals surface area contributed by atoms with Crippen LogP contribution in [0.1, 0.15) is 11.1 Å². The van der Waals surface area contributed by atoms with Gasteiger partial charge in [-0.1, -0.05) is 23.7 Å². The quantitative estimate of drug-likeness (QED) is 0.416. The summed E-state index contributed by atoms with van der Waals surface area (Å²) >= 11 is 6.08. The number of aryl methyl sites for hydroxylation is 2. The van der Waals surface area contributed by atoms with Crippen LogP contribution >= 0.6 is 11.6 Å². The van der Waals surface area contributed by atoms with Crippen molar-refractivity contribution in [2.75, 3.05) is 6.61 Å². The van der Waals surface area contributed by atoms with Crippen molar-refractivity contribution in [1.29, 1.82) is 0 Å². The molecule has 2 N–H and O–H groups in total. The zero-order chi connectivity index (χ0) is 22.0. The number of carboxylic acid groups (broad SMARTS) is 1. The van der Waals surface area contributed by atoms with Gasteiger partial charge in [0.05, 0.1) is 11.4 Å². The number of benzene rings is 2. The molecule has 156 valence electrons. The van der Waals surface area contributed by atoms with Crippen LogP contribution in [0.15, 0.2) is 60.9 Å². The molecule has 6 nitrogen and oxygen atoms in total. The minimum Gasteiger partial charge on any atom is -0.482 e. The fourth-order valence-corrected chi connectivity index (χ4v) is 3.69. The summed E-state index contributed by atoms with van der Waals surface area (Å²) in [6, 6.07) is 15.1. The average molecular weight is 434 g/mol. The molecule has 4 aromatic rings. The Morgan fingerprint density at radius 2 is 1.68 bits per heavy atom. The number of aromatic nitrogens is 3. The first-order valence-electron chi connectivity index (χ1n) is 9.65. The van der Waals surface area contributed by atoms with E-state index in [2.05, 4.69) is 9.97 Å². The minimum absolute atomic E-state index is 0.383. The fraction of sp³-hybridized carbons (Fsp3) is 0.125. The van der Waals surface area contributed by atoms with E-state index >= 15 is 0 Å². The van der Waals surface area contributed by atoms with Crippen LogP contribution in [-0.4, -0.2) is 32.6 Å². The Morgan fingerprint density at radius 1 is 1.03 bits per heavy atom. The molecule has 0 spiro atoms. The van der Waals surface area contributed by atoms with Crippen LogP contribution in [0.3, 0.4) is 0 Å². The molecule has 0 unspecified atom stereocenters. The van der Waals surface area contributed by atoms with Gasteiger partial charge in [0, 0.05) is 34.1 Å². The molecule has 0 radical (unpaired) electrons. The average Bonchev–Trinajstić information content (AvgIpc) is 3.18. The maximum Gasteiger partial charge on any atom is 0.341 e. The molecule has 2 aromatic carbocycles. The number of hydrogen-bond donors (Lipinski definition) is 2. The van der Waals surface area contributed by atoms with Crippen LogP contribution in [-0.2, 0) is 4.79 Å². The van der Waals surface area contributed by atoms with E-state index in [1.54, 1.807) is 12.4 Å². The molecule has 2 heterocycles. The number of nitrogens with zero attached hydrogens (tertiary/aromatic N) is 2. The van der Waals surface area contributed by atoms with E-state index in [4.69, 9.17) is 26.4 Å². The Balaban J connectivity index is 1.83. The second kappa shape index (κ2) is 8.62. The lowest BCUT2D eigenvalue weighted by Crippen LogP contribution is -2.09. The Kier molecular flexibility index (Phi) is 5.73. The molecule has 0 saturated carbocycles. The number of carbonyl (C=O) groups is 1. The van der Waals surface area contributed by atoms with Crippen molar-refractivity contribution in [2.45, 2.75) is 13.8 Å². The Morgan fingerprint density at radius 3 is 2.29 bits per heavy atom. The zero-order valence-corrected chi connectivity index (χ0v) is 17.8. The predicted molar refractivity (Wildman–Crippen MR) is 120 cm³/mol. The molecule has 0 aliphatic heterocycles. The van der Waals surface area contributed by atoms with E-state index in [1.165, 1.54) is 0 Å². The van der Waals surface area contributed by atoms with Gasteiger partial charge in [0.2, 0.25) is 0 Å². The van der Waals surface area contributed by atoms with Gasteiger partial charge >= 0.3 is 5.97 Å². The highest BCUT2D eigenvalue weighted by atomic mass is 35.5. The van der Waals surface area contributed by atoms with E-state index in [1.807, 2.05) is 62.4 Å². The van der Waals surface area contributed by atoms with Crippen molar-refractivity contribution in [1.82, 2.24) is 15.0 Å². The standard InChI is InChI=1S/C24H20ClN3O3/c1-14-11-19(31-13-20(29)30)12-15(2)21(14)24-27-22(16-3-5-18(25)6-4-16)23(28-24)17-7-9-26-10-8-17/h3-12H,13H2,1-2H3,(H,27,28)(H,29,30). The number of aliphatic carboxylic acids is 1. The molecule has 0 bridgehead atoms. The molecule has 0 aliphatic rings. The summed E-state index contributed by atoms with van der Waals surface area (Å²) in [4.78, 5) is 23.3. The first-order chi connectivity index (χ1) is 14.9. The van der Waals surface area contributed by atoms with Crippen LogP contribution < -0.4 is 4.74 Å². The highest BCUT2D eigenvalue weighted by Gasteiger charge is 2.18. The van der Waals surface area contributed by atoms with E-state index in [0.717, 1.165) is 45.0 Å². The van der Waals surface area contributed by atoms with Gasteiger partial charge in [0.25, 0.3) is 0 Å². The van der Waals surface area contributed by atoms with Gasteiger partial charge in [-0.15, -0.1) is 0 Å². The van der Waals surface area contributed by atoms with Crippen LogP contribution in [0.4, 0.5) is 0 Å². The van der Waals surface area contributed by atoms with Crippen molar-refractivity contribution in [2.24, 2.45) is 0 Å². The third kappa shape index (κ3) is 4.44. The minimum atomic E-state index is -1.01. The van der Waals surface area contributed by atoms with E-state index < -0.39 is 5.97 Å². The first-order valence-corrected chi connectivity index (χ1v) is 10.0. The van der Waals surface area contributed by atoms with Gasteiger partial charge in [-0.05, 0) is 61.4 Å². The summed E-state index contributed by atoms with van der Waals surface area (Å²) in [7, 11) is 0. The van der Waals surface area contributed by atoms with Crippen LogP contribution in [0, 0.1) is 13.8 Å². The largest absolute Gasteiger partial charge is 0.482 e. The first kappa shape index (κ1) is 20.6. The van der Waals surface area contributed by atoms with Gasteiger partial charge in [-0.3, -0.25) is 4.98 Å². The number of nitrogens with one attached hydrogen (secondary N) is 1. The second-order valence-electron chi connectivity index (χ2n) is 7.17. The molecule has 0 amide bonds. The van der Waals surface area contributed by atoms with Crippen LogP contribution in [0.25, 0.3) is 33.9 Å². The normalized spacial score (nSPS) is 10.8. The Hall–Kier alpha value is -3.64. The molecule has 0 saturated heterocycles. The van der Waals surface area contributed by atoms with Crippen molar-refractivity contribution in [3.63, 3.8) is 0 Å². The van der Waals surface area contributed by atoms with Gasteiger partial charge in [0.15, 0.2) is 6.61 Å². The molecule has 0 atom stereocenters. The van der Waals surface area contributed by atoms with Crippen molar-refractivity contribution >= 4 is 17.6 Å². The van der Waals surface area contributed by atoms with Gasteiger partial charge in [0.1, 0.15) is 11.6 Å². The number of H-pyrrole nitrogens is 1. The highest BCUT2D eigenvalue weighted by Crippen LogP contribution is 2.36. The summed E-state index contributed by atoms with van der Waals surface area (Å²) in [5.41, 5.74) is 6.40. The lowest BCUT2D eigenvalue weighted by molar-refractivity contribution is -0.139. The van der Waals surface area contributed by atoms with Crippen molar-refractivity contribution < 1.29 is 14.6 Å². The fourth-order valence-electron chi connectivity index (χ4n) is 3.56. The third-order valence-electron chi connectivity index (χ3n) is 4.90. The smallest absolute Gasteiger partial charge is 0.341 e. The molecule has 2 aromatic heterocycles. The van der Waals surface area contributed by atoms with E-state index in [0.29, 0.717) is 10.8 Å². The highest BCUT2D eigenvalue weighted by molar-refractivity contribution is 6.30. The van der Waals surface area contributed by atoms with Gasteiger partial charge < -0.3 is 14.8 Å². The van der Waals surface area contributed by atoms with Gasteiger partial charge in [-0.2, -0.15) is 0 Å². The molecular formula is C24H20ClN3O3. The second-order valence-corrected chi connectivity index (χ2v) is 7.60. The monoisotopic (exact) mass is 433 g/mol. The van der Waals surface area contributed by atoms with E-state index in [9.17, 15) is 4.79 Å². The summed E-state index contributed by atoms with van der Waals surface area (Å²) in [5.74, 6) is 0.219. The molecule has 4 rings (SSSR count). The number of ether oxygens (including phenoxy) is 1. The van der Waals surface area contributed by atoms with Gasteiger partial charge in [-0.25, -0.2) is 9.78 Å². The number of hydrogen-bond acceptors (Lipinski definition) is 4. The summed E-state index contributed by atoms with van der Waals surface area (Å²) in [5, 5.41) is 9.52. The van der Waals surface area contributed by atoms with E-state index in [-0.39, 0.29) is 6.61 Å². The Bertz CT molecular complexity index is 1210. The molecule has 0 fully saturated rings. The third-order valence-corrected chi connectivity index (χ3v) is 5.15. The number of pyridine rings is 1. The SMILES string of the molecule is Cc1cc(OCC(=O)O)cc(C)c1-c1nc(-c2ccncc2)c(-c2ccc(Cl)cc2)[nH]1. The predicted octanol–water partition coefficient (Wildman–Crippen LogP) is 5.54. The maximum atomic E-state index is 10.8. The number of aromatic amines is 1. The maximum absolute atomic E-state index is 10.8. The summed E-state index contributed by atoms with van der Waals surface area (Å²) < 4.78 is 5.35. The number of rotatable bonds is 6.